The van der Waals surface area contributed by atoms with Crippen molar-refractivity contribution < 1.29 is 14.6 Å². The molecule has 29 heavy (non-hydrogen) atoms. The smallest absolute Gasteiger partial charge is 0.307 e. The molecule has 1 N–H and O–H groups in total. The topological polar surface area (TPSA) is 80.9 Å². The number of carbonyl (C=O) groups is 1. The number of nitrogens with zero attached hydrogens (tertiary/aromatic N) is 2. The van der Waals surface area contributed by atoms with Crippen LogP contribution < -0.4 is 10.3 Å². The molecule has 0 radical (unpaired) electrons. The first kappa shape index (κ1) is 18.4. The van der Waals surface area contributed by atoms with Crippen molar-refractivity contribution in [1.29, 1.82) is 0 Å². The Morgan fingerprint density at radius 3 is 2.34 bits per heavy atom. The van der Waals surface area contributed by atoms with Crippen LogP contribution >= 0.6 is 0 Å². The summed E-state index contributed by atoms with van der Waals surface area (Å²) in [6.45, 7) is 0. The first-order chi connectivity index (χ1) is 14.1. The Morgan fingerprint density at radius 1 is 0.966 bits per heavy atom. The van der Waals surface area contributed by atoms with Crippen molar-refractivity contribution >= 4 is 11.6 Å². The van der Waals surface area contributed by atoms with Gasteiger partial charge < -0.3 is 9.84 Å². The predicted molar refractivity (Wildman–Crippen MR) is 110 cm³/mol. The van der Waals surface area contributed by atoms with Crippen molar-refractivity contribution in [2.75, 3.05) is 7.11 Å². The van der Waals surface area contributed by atoms with Crippen LogP contribution in [0.3, 0.4) is 0 Å². The fourth-order valence-corrected chi connectivity index (χ4v) is 3.34. The molecule has 144 valence electrons. The zero-order valence-corrected chi connectivity index (χ0v) is 15.7. The van der Waals surface area contributed by atoms with Gasteiger partial charge in [0.1, 0.15) is 5.65 Å². The van der Waals surface area contributed by atoms with Crippen LogP contribution in [0.25, 0.3) is 28.0 Å². The highest BCUT2D eigenvalue weighted by molar-refractivity contribution is 5.82. The molecular formula is C23H18N2O4. The van der Waals surface area contributed by atoms with E-state index in [1.165, 1.54) is 11.5 Å². The van der Waals surface area contributed by atoms with Gasteiger partial charge in [-0.05, 0) is 23.3 Å². The third-order valence-corrected chi connectivity index (χ3v) is 4.67. The Morgan fingerprint density at radius 2 is 1.69 bits per heavy atom. The van der Waals surface area contributed by atoms with Crippen LogP contribution in [0.1, 0.15) is 5.56 Å². The molecule has 2 aromatic carbocycles. The summed E-state index contributed by atoms with van der Waals surface area (Å²) in [6, 6.07) is 21.7. The molecule has 0 atom stereocenters. The summed E-state index contributed by atoms with van der Waals surface area (Å²) in [7, 11) is 1.51. The molecule has 0 spiro atoms. The summed E-state index contributed by atoms with van der Waals surface area (Å²) in [5.74, 6) is -0.511. The molecular weight excluding hydrogens is 368 g/mol. The second kappa shape index (κ2) is 7.59. The number of hydrogen-bond donors (Lipinski definition) is 1. The third-order valence-electron chi connectivity index (χ3n) is 4.67. The van der Waals surface area contributed by atoms with Crippen molar-refractivity contribution in [2.24, 2.45) is 0 Å². The van der Waals surface area contributed by atoms with E-state index in [4.69, 9.17) is 14.8 Å². The van der Waals surface area contributed by atoms with Crippen molar-refractivity contribution in [2.45, 2.75) is 6.42 Å². The maximum Gasteiger partial charge on any atom is 0.307 e. The van der Waals surface area contributed by atoms with Crippen molar-refractivity contribution in [1.82, 2.24) is 9.38 Å². The number of pyridine rings is 1. The Kier molecular flexibility index (Phi) is 4.83. The second-order valence-electron chi connectivity index (χ2n) is 6.54. The molecule has 0 fully saturated rings. The first-order valence-corrected chi connectivity index (χ1v) is 9.05. The van der Waals surface area contributed by atoms with Crippen LogP contribution in [-0.2, 0) is 11.2 Å². The number of aliphatic carboxylic acids is 1. The minimum atomic E-state index is -0.903. The molecule has 0 aliphatic heterocycles. The molecule has 6 nitrogen and oxygen atoms in total. The van der Waals surface area contributed by atoms with Gasteiger partial charge in [-0.25, -0.2) is 9.38 Å². The van der Waals surface area contributed by atoms with Crippen molar-refractivity contribution in [3.63, 3.8) is 0 Å². The molecule has 0 unspecified atom stereocenters. The van der Waals surface area contributed by atoms with Crippen LogP contribution in [0, 0.1) is 0 Å². The third kappa shape index (κ3) is 3.48. The van der Waals surface area contributed by atoms with E-state index >= 15 is 0 Å². The lowest BCUT2D eigenvalue weighted by Crippen LogP contribution is -2.20. The number of rotatable bonds is 5. The SMILES string of the molecule is COc1cccc2nc(-c3ccccc3)c(-c3ccc(CC(=O)O)cc3)c(=O)n12. The molecule has 4 rings (SSSR count). The van der Waals surface area contributed by atoms with Gasteiger partial charge in [-0.3, -0.25) is 9.59 Å². The largest absolute Gasteiger partial charge is 0.482 e. The number of carboxylic acids is 1. The predicted octanol–water partition coefficient (Wildman–Crippen LogP) is 3.66. The maximum atomic E-state index is 13.5. The Labute approximate surface area is 166 Å². The van der Waals surface area contributed by atoms with Crippen LogP contribution in [0.2, 0.25) is 0 Å². The average molecular weight is 386 g/mol. The van der Waals surface area contributed by atoms with Crippen LogP contribution in [0.15, 0.2) is 77.6 Å². The zero-order chi connectivity index (χ0) is 20.4. The van der Waals surface area contributed by atoms with E-state index in [0.29, 0.717) is 33.9 Å². The lowest BCUT2D eigenvalue weighted by Gasteiger charge is -2.14. The summed E-state index contributed by atoms with van der Waals surface area (Å²) >= 11 is 0. The molecule has 0 saturated carbocycles. The van der Waals surface area contributed by atoms with Gasteiger partial charge in [0.25, 0.3) is 5.56 Å². The summed E-state index contributed by atoms with van der Waals surface area (Å²) < 4.78 is 6.80. The van der Waals surface area contributed by atoms with E-state index in [-0.39, 0.29) is 12.0 Å². The van der Waals surface area contributed by atoms with Gasteiger partial charge in [-0.1, -0.05) is 60.7 Å². The monoisotopic (exact) mass is 386 g/mol. The molecule has 0 aliphatic rings. The quantitative estimate of drug-likeness (QED) is 0.566. The number of fused-ring (bicyclic) bond motifs is 1. The van der Waals surface area contributed by atoms with Gasteiger partial charge in [-0.15, -0.1) is 0 Å². The lowest BCUT2D eigenvalue weighted by molar-refractivity contribution is -0.136. The van der Waals surface area contributed by atoms with E-state index in [0.717, 1.165) is 5.56 Å². The number of ether oxygens (including phenoxy) is 1. The summed E-state index contributed by atoms with van der Waals surface area (Å²) in [5, 5.41) is 8.99. The highest BCUT2D eigenvalue weighted by Crippen LogP contribution is 2.29. The maximum absolute atomic E-state index is 13.5. The van der Waals surface area contributed by atoms with Gasteiger partial charge in [0.15, 0.2) is 0 Å². The van der Waals surface area contributed by atoms with Crippen molar-refractivity contribution in [3.05, 3.63) is 88.7 Å². The lowest BCUT2D eigenvalue weighted by atomic mass is 9.98. The molecule has 0 bridgehead atoms. The highest BCUT2D eigenvalue weighted by Gasteiger charge is 2.18. The first-order valence-electron chi connectivity index (χ1n) is 9.05. The van der Waals surface area contributed by atoms with Crippen molar-refractivity contribution in [3.8, 4) is 28.3 Å². The molecule has 0 aliphatic carbocycles. The summed E-state index contributed by atoms with van der Waals surface area (Å²) in [6.07, 6.45) is -0.0748. The minimum absolute atomic E-state index is 0.0748. The number of carboxylic acid groups (broad SMARTS) is 1. The fraction of sp³-hybridized carbons (Fsp3) is 0.0870. The van der Waals surface area contributed by atoms with Crippen LogP contribution in [-0.4, -0.2) is 27.6 Å². The summed E-state index contributed by atoms with van der Waals surface area (Å²) in [4.78, 5) is 29.2. The number of hydrogen-bond acceptors (Lipinski definition) is 4. The van der Waals surface area contributed by atoms with E-state index in [9.17, 15) is 9.59 Å². The van der Waals surface area contributed by atoms with E-state index in [1.807, 2.05) is 30.3 Å². The average Bonchev–Trinajstić information content (AvgIpc) is 2.74. The normalized spacial score (nSPS) is 10.8. The fourth-order valence-electron chi connectivity index (χ4n) is 3.34. The Hall–Kier alpha value is -3.93. The summed E-state index contributed by atoms with van der Waals surface area (Å²) in [5.41, 5.74) is 3.37. The number of aromatic nitrogens is 2. The molecule has 6 heteroatoms. The number of benzene rings is 2. The second-order valence-corrected chi connectivity index (χ2v) is 6.54. The molecule has 0 amide bonds. The van der Waals surface area contributed by atoms with E-state index in [2.05, 4.69) is 0 Å². The Bertz CT molecular complexity index is 1250. The highest BCUT2D eigenvalue weighted by atomic mass is 16.5. The Balaban J connectivity index is 2.01. The van der Waals surface area contributed by atoms with E-state index in [1.54, 1.807) is 42.5 Å². The van der Waals surface area contributed by atoms with E-state index < -0.39 is 5.97 Å². The zero-order valence-electron chi connectivity index (χ0n) is 15.7. The van der Waals surface area contributed by atoms with Crippen LogP contribution in [0.5, 0.6) is 5.88 Å². The molecule has 2 heterocycles. The molecule has 2 aromatic heterocycles. The van der Waals surface area contributed by atoms with Gasteiger partial charge in [0.2, 0.25) is 5.88 Å². The van der Waals surface area contributed by atoms with Gasteiger partial charge >= 0.3 is 5.97 Å². The molecule has 0 saturated heterocycles. The molecule has 4 aromatic rings. The van der Waals surface area contributed by atoms with Gasteiger partial charge in [0.05, 0.1) is 24.8 Å². The van der Waals surface area contributed by atoms with Gasteiger partial charge in [-0.2, -0.15) is 0 Å². The van der Waals surface area contributed by atoms with Crippen LogP contribution in [0.4, 0.5) is 0 Å². The number of methoxy groups -OCH3 is 1. The minimum Gasteiger partial charge on any atom is -0.482 e. The standard InChI is InChI=1S/C23H18N2O4/c1-29-19-9-5-8-18-24-22(17-6-3-2-4-7-17)21(23(28)25(18)19)16-12-10-15(11-13-16)14-20(26)27/h2-13H,14H2,1H3,(H,26,27). The van der Waals surface area contributed by atoms with Gasteiger partial charge in [0, 0.05) is 5.56 Å².